The minimum absolute atomic E-state index is 0. The van der Waals surface area contributed by atoms with E-state index in [1.54, 1.807) is 0 Å². The summed E-state index contributed by atoms with van der Waals surface area (Å²) in [5.74, 6) is 0.649. The van der Waals surface area contributed by atoms with Crippen molar-refractivity contribution in [2.75, 3.05) is 32.9 Å². The molecule has 0 spiro atoms. The lowest BCUT2D eigenvalue weighted by Crippen LogP contribution is -2.45. The molecule has 2 fully saturated rings. The second-order valence-corrected chi connectivity index (χ2v) is 5.21. The van der Waals surface area contributed by atoms with Crippen molar-refractivity contribution in [1.29, 1.82) is 0 Å². The Bertz CT molecular complexity index is 267. The third-order valence-electron chi connectivity index (χ3n) is 3.78. The third kappa shape index (κ3) is 5.65. The molecule has 2 atom stereocenters. The fourth-order valence-electron chi connectivity index (χ4n) is 2.60. The van der Waals surface area contributed by atoms with Crippen molar-refractivity contribution in [2.45, 2.75) is 38.3 Å². The van der Waals surface area contributed by atoms with Crippen LogP contribution >= 0.6 is 12.4 Å². The van der Waals surface area contributed by atoms with Crippen LogP contribution in [-0.4, -0.2) is 51.0 Å². The first-order chi connectivity index (χ1) is 8.75. The van der Waals surface area contributed by atoms with E-state index < -0.39 is 0 Å². The molecule has 0 aromatic heterocycles. The maximum atomic E-state index is 11.9. The smallest absolute Gasteiger partial charge is 0.222 e. The van der Waals surface area contributed by atoms with Gasteiger partial charge >= 0.3 is 0 Å². The molecule has 1 amide bonds. The van der Waals surface area contributed by atoms with Gasteiger partial charge in [0.05, 0.1) is 19.1 Å². The van der Waals surface area contributed by atoms with E-state index in [1.807, 2.05) is 0 Å². The Morgan fingerprint density at radius 1 is 1.37 bits per heavy atom. The van der Waals surface area contributed by atoms with Gasteiger partial charge in [-0.2, -0.15) is 0 Å². The first kappa shape index (κ1) is 16.7. The molecule has 112 valence electrons. The number of amides is 1. The van der Waals surface area contributed by atoms with Crippen LogP contribution in [0.3, 0.4) is 0 Å². The largest absolute Gasteiger partial charge is 0.381 e. The molecular formula is C13H25ClN2O3. The molecule has 0 aromatic carbocycles. The summed E-state index contributed by atoms with van der Waals surface area (Å²) in [7, 11) is 0. The average molecular weight is 293 g/mol. The van der Waals surface area contributed by atoms with Crippen molar-refractivity contribution in [3.63, 3.8) is 0 Å². The molecule has 2 N–H and O–H groups in total. The van der Waals surface area contributed by atoms with Crippen LogP contribution in [0.15, 0.2) is 0 Å². The summed E-state index contributed by atoms with van der Waals surface area (Å²) in [6, 6.07) is 0.234. The summed E-state index contributed by atoms with van der Waals surface area (Å²) in [5, 5.41) is 6.33. The minimum Gasteiger partial charge on any atom is -0.381 e. The highest BCUT2D eigenvalue weighted by atomic mass is 35.5. The van der Waals surface area contributed by atoms with E-state index in [-0.39, 0.29) is 30.5 Å². The molecule has 0 aromatic rings. The van der Waals surface area contributed by atoms with E-state index in [2.05, 4.69) is 17.6 Å². The van der Waals surface area contributed by atoms with Gasteiger partial charge in [-0.15, -0.1) is 12.4 Å². The second-order valence-electron chi connectivity index (χ2n) is 5.21. The van der Waals surface area contributed by atoms with Crippen LogP contribution < -0.4 is 10.6 Å². The molecule has 2 saturated heterocycles. The van der Waals surface area contributed by atoms with E-state index in [9.17, 15) is 4.79 Å². The van der Waals surface area contributed by atoms with Crippen molar-refractivity contribution in [3.05, 3.63) is 0 Å². The average Bonchev–Trinajstić information content (AvgIpc) is 2.40. The molecular weight excluding hydrogens is 268 g/mol. The molecule has 5 nitrogen and oxygen atoms in total. The molecule has 2 heterocycles. The number of carbonyl (C=O) groups is 1. The van der Waals surface area contributed by atoms with Crippen LogP contribution in [0.2, 0.25) is 0 Å². The van der Waals surface area contributed by atoms with Crippen molar-refractivity contribution in [3.8, 4) is 0 Å². The molecule has 2 unspecified atom stereocenters. The number of rotatable bonds is 4. The zero-order valence-corrected chi connectivity index (χ0v) is 12.3. The normalized spacial score (nSPS) is 26.3. The van der Waals surface area contributed by atoms with Gasteiger partial charge < -0.3 is 20.1 Å². The summed E-state index contributed by atoms with van der Waals surface area (Å²) in [6.07, 6.45) is 2.58. The Balaban J connectivity index is 0.00000180. The molecule has 0 aliphatic carbocycles. The summed E-state index contributed by atoms with van der Waals surface area (Å²) in [4.78, 5) is 11.9. The van der Waals surface area contributed by atoms with Crippen molar-refractivity contribution < 1.29 is 14.3 Å². The number of hydrogen-bond donors (Lipinski definition) is 2. The SMILES string of the molecule is CC(NC(=O)CC1CNCCO1)C1CCOCC1.Cl. The van der Waals surface area contributed by atoms with E-state index in [0.29, 0.717) is 18.9 Å². The molecule has 2 rings (SSSR count). The third-order valence-corrected chi connectivity index (χ3v) is 3.78. The quantitative estimate of drug-likeness (QED) is 0.802. The lowest BCUT2D eigenvalue weighted by Gasteiger charge is -2.29. The van der Waals surface area contributed by atoms with Gasteiger partial charge in [0.1, 0.15) is 0 Å². The minimum atomic E-state index is 0. The van der Waals surface area contributed by atoms with Crippen molar-refractivity contribution >= 4 is 18.3 Å². The number of halogens is 1. The second kappa shape index (κ2) is 8.74. The molecule has 0 bridgehead atoms. The van der Waals surface area contributed by atoms with Crippen LogP contribution in [0.4, 0.5) is 0 Å². The Morgan fingerprint density at radius 3 is 2.74 bits per heavy atom. The number of morpholine rings is 1. The van der Waals surface area contributed by atoms with E-state index in [1.165, 1.54) is 0 Å². The zero-order valence-electron chi connectivity index (χ0n) is 11.5. The summed E-state index contributed by atoms with van der Waals surface area (Å²) >= 11 is 0. The van der Waals surface area contributed by atoms with Crippen LogP contribution in [0.5, 0.6) is 0 Å². The Labute approximate surface area is 121 Å². The van der Waals surface area contributed by atoms with Gasteiger partial charge in [0.15, 0.2) is 0 Å². The standard InChI is InChI=1S/C13H24N2O3.ClH/c1-10(11-2-5-17-6-3-11)15-13(16)8-12-9-14-4-7-18-12;/h10-12,14H,2-9H2,1H3,(H,15,16);1H. The molecule has 2 aliphatic rings. The molecule has 19 heavy (non-hydrogen) atoms. The maximum Gasteiger partial charge on any atom is 0.222 e. The molecule has 2 aliphatic heterocycles. The summed E-state index contributed by atoms with van der Waals surface area (Å²) in [6.45, 7) is 6.10. The fraction of sp³-hybridized carbons (Fsp3) is 0.923. The Morgan fingerprint density at radius 2 is 2.11 bits per heavy atom. The molecule has 6 heteroatoms. The first-order valence-corrected chi connectivity index (χ1v) is 6.95. The predicted molar refractivity (Wildman–Crippen MR) is 75.6 cm³/mol. The van der Waals surface area contributed by atoms with Crippen LogP contribution in [-0.2, 0) is 14.3 Å². The highest BCUT2D eigenvalue weighted by Gasteiger charge is 2.23. The lowest BCUT2D eigenvalue weighted by atomic mass is 9.93. The van der Waals surface area contributed by atoms with Gasteiger partial charge in [-0.1, -0.05) is 0 Å². The van der Waals surface area contributed by atoms with Crippen LogP contribution in [0.25, 0.3) is 0 Å². The maximum absolute atomic E-state index is 11.9. The monoisotopic (exact) mass is 292 g/mol. The van der Waals surface area contributed by atoms with Gasteiger partial charge in [0, 0.05) is 32.3 Å². The number of carbonyl (C=O) groups excluding carboxylic acids is 1. The summed E-state index contributed by atoms with van der Waals surface area (Å²) in [5.41, 5.74) is 0. The van der Waals surface area contributed by atoms with Crippen LogP contribution in [0, 0.1) is 5.92 Å². The lowest BCUT2D eigenvalue weighted by molar-refractivity contribution is -0.125. The van der Waals surface area contributed by atoms with E-state index in [4.69, 9.17) is 9.47 Å². The van der Waals surface area contributed by atoms with Gasteiger partial charge in [-0.25, -0.2) is 0 Å². The van der Waals surface area contributed by atoms with E-state index >= 15 is 0 Å². The highest BCUT2D eigenvalue weighted by molar-refractivity contribution is 5.85. The van der Waals surface area contributed by atoms with Crippen molar-refractivity contribution in [1.82, 2.24) is 10.6 Å². The predicted octanol–water partition coefficient (Wildman–Crippen LogP) is 0.718. The Kier molecular flexibility index (Phi) is 7.68. The van der Waals surface area contributed by atoms with Gasteiger partial charge in [0.25, 0.3) is 0 Å². The molecule has 0 saturated carbocycles. The highest BCUT2D eigenvalue weighted by Crippen LogP contribution is 2.18. The van der Waals surface area contributed by atoms with Gasteiger partial charge in [-0.05, 0) is 25.7 Å². The summed E-state index contributed by atoms with van der Waals surface area (Å²) < 4.78 is 10.9. The van der Waals surface area contributed by atoms with Crippen molar-refractivity contribution in [2.24, 2.45) is 5.92 Å². The zero-order chi connectivity index (χ0) is 12.8. The number of ether oxygens (including phenoxy) is 2. The van der Waals surface area contributed by atoms with Gasteiger partial charge in [-0.3, -0.25) is 4.79 Å². The number of nitrogens with one attached hydrogen (secondary N) is 2. The fourth-order valence-corrected chi connectivity index (χ4v) is 2.60. The Hall–Kier alpha value is -0.360. The van der Waals surface area contributed by atoms with Gasteiger partial charge in [0.2, 0.25) is 5.91 Å². The molecule has 0 radical (unpaired) electrons. The topological polar surface area (TPSA) is 59.6 Å². The van der Waals surface area contributed by atoms with E-state index in [0.717, 1.165) is 39.1 Å². The van der Waals surface area contributed by atoms with Crippen LogP contribution in [0.1, 0.15) is 26.2 Å². The number of hydrogen-bond acceptors (Lipinski definition) is 4. The first-order valence-electron chi connectivity index (χ1n) is 6.95.